The highest BCUT2D eigenvalue weighted by molar-refractivity contribution is 6.10. The molecule has 1 heterocycles. The zero-order valence-corrected chi connectivity index (χ0v) is 17.0. The van der Waals surface area contributed by atoms with Gasteiger partial charge in [-0.25, -0.2) is 4.39 Å². The van der Waals surface area contributed by atoms with E-state index in [2.05, 4.69) is 20.6 Å². The summed E-state index contributed by atoms with van der Waals surface area (Å²) in [6, 6.07) is 12.1. The molecule has 170 valence electrons. The highest BCUT2D eigenvalue weighted by atomic mass is 19.4. The first kappa shape index (κ1) is 22.3. The molecule has 33 heavy (non-hydrogen) atoms. The van der Waals surface area contributed by atoms with Crippen LogP contribution in [-0.2, 0) is 6.18 Å². The molecule has 2 aromatic carbocycles. The molecule has 0 radical (unpaired) electrons. The third kappa shape index (κ3) is 5.65. The lowest BCUT2D eigenvalue weighted by molar-refractivity contribution is -0.137. The number of carbonyl (C=O) groups excluding carboxylic acids is 1. The van der Waals surface area contributed by atoms with Gasteiger partial charge in [0.05, 0.1) is 5.56 Å². The summed E-state index contributed by atoms with van der Waals surface area (Å²) in [6.45, 7) is 0. The summed E-state index contributed by atoms with van der Waals surface area (Å²) in [4.78, 5) is 31.0. The first-order chi connectivity index (χ1) is 15.7. The summed E-state index contributed by atoms with van der Waals surface area (Å²) in [5.41, 5.74) is -0.0873. The zero-order chi connectivity index (χ0) is 23.6. The Morgan fingerprint density at radius 3 is 2.39 bits per heavy atom. The summed E-state index contributed by atoms with van der Waals surface area (Å²) in [6.07, 6.45) is -2.73. The predicted octanol–water partition coefficient (Wildman–Crippen LogP) is 4.94. The van der Waals surface area contributed by atoms with E-state index in [4.69, 9.17) is 0 Å². The minimum absolute atomic E-state index is 0.0272. The molecule has 1 aliphatic carbocycles. The number of alkyl halides is 3. The van der Waals surface area contributed by atoms with Gasteiger partial charge in [0, 0.05) is 17.3 Å². The van der Waals surface area contributed by atoms with Gasteiger partial charge in [-0.05, 0) is 72.9 Å². The molecule has 0 aliphatic heterocycles. The average Bonchev–Trinajstić information content (AvgIpc) is 3.60. The van der Waals surface area contributed by atoms with Crippen LogP contribution in [0.1, 0.15) is 40.2 Å². The Kier molecular flexibility index (Phi) is 5.99. The van der Waals surface area contributed by atoms with E-state index < -0.39 is 29.0 Å². The fourth-order valence-electron chi connectivity index (χ4n) is 3.21. The number of aliphatic imine (C=N–C) groups is 1. The third-order valence-corrected chi connectivity index (χ3v) is 4.98. The number of nitrogens with one attached hydrogen (secondary N) is 3. The molecule has 3 N–H and O–H groups in total. The number of amides is 1. The molecule has 0 atom stereocenters. The predicted molar refractivity (Wildman–Crippen MR) is 115 cm³/mol. The topological polar surface area (TPSA) is 86.3 Å². The largest absolute Gasteiger partial charge is 0.416 e. The van der Waals surface area contributed by atoms with Gasteiger partial charge in [-0.3, -0.25) is 14.9 Å². The number of guanidine groups is 1. The van der Waals surface area contributed by atoms with Crippen molar-refractivity contribution in [2.75, 3.05) is 5.32 Å². The van der Waals surface area contributed by atoms with Crippen LogP contribution in [0.15, 0.2) is 70.5 Å². The molecule has 3 aromatic rings. The van der Waals surface area contributed by atoms with E-state index in [0.717, 1.165) is 37.1 Å². The van der Waals surface area contributed by atoms with Crippen molar-refractivity contribution in [2.24, 2.45) is 4.99 Å². The smallest absolute Gasteiger partial charge is 0.325 e. The fraction of sp³-hybridized carbons (Fsp3) is 0.174. The maximum atomic E-state index is 13.8. The van der Waals surface area contributed by atoms with Crippen molar-refractivity contribution < 1.29 is 22.4 Å². The third-order valence-electron chi connectivity index (χ3n) is 4.98. The SMILES string of the molecule is O=C(N/C(=N\c1cccc(=O)[nH]1)Nc1ccc(F)cc1C1CC1)c1ccc(C(F)(F)F)cc1. The Labute approximate surface area is 185 Å². The van der Waals surface area contributed by atoms with Crippen LogP contribution < -0.4 is 16.2 Å². The number of carbonyl (C=O) groups is 1. The lowest BCUT2D eigenvalue weighted by atomic mass is 10.1. The zero-order valence-electron chi connectivity index (χ0n) is 17.0. The number of nitrogens with zero attached hydrogens (tertiary/aromatic N) is 1. The van der Waals surface area contributed by atoms with Crippen LogP contribution in [-0.4, -0.2) is 16.9 Å². The summed E-state index contributed by atoms with van der Waals surface area (Å²) >= 11 is 0. The quantitative estimate of drug-likeness (QED) is 0.294. The Balaban J connectivity index is 1.64. The van der Waals surface area contributed by atoms with E-state index in [-0.39, 0.29) is 23.3 Å². The normalized spacial score (nSPS) is 14.1. The summed E-state index contributed by atoms with van der Waals surface area (Å²) in [7, 11) is 0. The Hall–Kier alpha value is -3.95. The van der Waals surface area contributed by atoms with E-state index >= 15 is 0 Å². The number of pyridine rings is 1. The van der Waals surface area contributed by atoms with Crippen LogP contribution in [0.25, 0.3) is 0 Å². The van der Waals surface area contributed by atoms with Crippen molar-refractivity contribution in [2.45, 2.75) is 24.9 Å². The maximum Gasteiger partial charge on any atom is 0.416 e. The van der Waals surface area contributed by atoms with Gasteiger partial charge in [-0.15, -0.1) is 0 Å². The summed E-state index contributed by atoms with van der Waals surface area (Å²) in [5.74, 6) is -0.903. The van der Waals surface area contributed by atoms with Gasteiger partial charge >= 0.3 is 6.18 Å². The number of anilines is 1. The number of H-pyrrole nitrogens is 1. The van der Waals surface area contributed by atoms with Gasteiger partial charge in [-0.1, -0.05) is 6.07 Å². The molecule has 0 spiro atoms. The molecule has 1 saturated carbocycles. The second kappa shape index (κ2) is 8.89. The van der Waals surface area contributed by atoms with Crippen LogP contribution >= 0.6 is 0 Å². The van der Waals surface area contributed by atoms with Crippen LogP contribution in [0.4, 0.5) is 29.1 Å². The Morgan fingerprint density at radius 1 is 1.03 bits per heavy atom. The molecule has 10 heteroatoms. The second-order valence-electron chi connectivity index (χ2n) is 7.52. The van der Waals surface area contributed by atoms with Gasteiger partial charge in [0.1, 0.15) is 11.6 Å². The minimum Gasteiger partial charge on any atom is -0.325 e. The van der Waals surface area contributed by atoms with Gasteiger partial charge in [0.15, 0.2) is 0 Å². The van der Waals surface area contributed by atoms with E-state index in [1.54, 1.807) is 0 Å². The van der Waals surface area contributed by atoms with Crippen LogP contribution in [0.5, 0.6) is 0 Å². The number of hydrogen-bond donors (Lipinski definition) is 3. The molecule has 4 rings (SSSR count). The van der Waals surface area contributed by atoms with Gasteiger partial charge in [0.25, 0.3) is 5.91 Å². The molecular formula is C23H18F4N4O2. The van der Waals surface area contributed by atoms with Gasteiger partial charge in [-0.2, -0.15) is 18.2 Å². The van der Waals surface area contributed by atoms with Crippen molar-refractivity contribution in [1.29, 1.82) is 0 Å². The molecule has 1 aliphatic rings. The Bertz CT molecular complexity index is 1260. The number of rotatable bonds is 4. The van der Waals surface area contributed by atoms with Crippen LogP contribution in [0.3, 0.4) is 0 Å². The van der Waals surface area contributed by atoms with Crippen molar-refractivity contribution in [3.05, 3.63) is 93.5 Å². The van der Waals surface area contributed by atoms with Gasteiger partial charge < -0.3 is 10.3 Å². The second-order valence-corrected chi connectivity index (χ2v) is 7.52. The molecule has 0 bridgehead atoms. The highest BCUT2D eigenvalue weighted by Gasteiger charge is 2.30. The van der Waals surface area contributed by atoms with Crippen molar-refractivity contribution >= 4 is 23.4 Å². The van der Waals surface area contributed by atoms with Crippen LogP contribution in [0, 0.1) is 5.82 Å². The van der Waals surface area contributed by atoms with E-state index in [9.17, 15) is 27.2 Å². The lowest BCUT2D eigenvalue weighted by Gasteiger charge is -2.15. The van der Waals surface area contributed by atoms with Crippen molar-refractivity contribution in [3.63, 3.8) is 0 Å². The number of benzene rings is 2. The van der Waals surface area contributed by atoms with E-state index in [0.29, 0.717) is 11.3 Å². The number of aromatic amines is 1. The number of halogens is 4. The summed E-state index contributed by atoms with van der Waals surface area (Å²) in [5, 5.41) is 5.46. The molecule has 1 aromatic heterocycles. The van der Waals surface area contributed by atoms with Crippen molar-refractivity contribution in [3.8, 4) is 0 Å². The summed E-state index contributed by atoms with van der Waals surface area (Å²) < 4.78 is 52.2. The molecule has 0 saturated heterocycles. The van der Waals surface area contributed by atoms with E-state index in [1.165, 1.54) is 36.4 Å². The standard InChI is InChI=1S/C23H18F4N4O2/c24-16-10-11-18(17(12-16)13-4-5-13)28-22(30-19-2-1-3-20(32)29-19)31-21(33)14-6-8-15(9-7-14)23(25,26)27/h1-3,6-13H,4-5H2,(H3,28,29,30,31,32,33). The molecule has 0 unspecified atom stereocenters. The average molecular weight is 458 g/mol. The maximum absolute atomic E-state index is 13.8. The molecule has 1 amide bonds. The molecular weight excluding hydrogens is 440 g/mol. The Morgan fingerprint density at radius 2 is 1.76 bits per heavy atom. The minimum atomic E-state index is -4.52. The van der Waals surface area contributed by atoms with Crippen LogP contribution in [0.2, 0.25) is 0 Å². The molecule has 1 fully saturated rings. The monoisotopic (exact) mass is 458 g/mol. The fourth-order valence-corrected chi connectivity index (χ4v) is 3.21. The van der Waals surface area contributed by atoms with Crippen molar-refractivity contribution in [1.82, 2.24) is 10.3 Å². The lowest BCUT2D eigenvalue weighted by Crippen LogP contribution is -2.36. The number of hydrogen-bond acceptors (Lipinski definition) is 3. The first-order valence-electron chi connectivity index (χ1n) is 10.0. The van der Waals surface area contributed by atoms with E-state index in [1.807, 2.05) is 0 Å². The number of aromatic nitrogens is 1. The van der Waals surface area contributed by atoms with Gasteiger partial charge in [0.2, 0.25) is 11.5 Å². The first-order valence-corrected chi connectivity index (χ1v) is 10.0. The molecule has 6 nitrogen and oxygen atoms in total. The highest BCUT2D eigenvalue weighted by Crippen LogP contribution is 2.43.